The molecule has 0 N–H and O–H groups in total. The molecule has 28 heavy (non-hydrogen) atoms. The van der Waals surface area contributed by atoms with Crippen LogP contribution in [0.2, 0.25) is 0 Å². The fraction of sp³-hybridized carbons (Fsp3) is 0. The molecule has 0 saturated heterocycles. The van der Waals surface area contributed by atoms with Crippen molar-refractivity contribution in [2.45, 2.75) is 0 Å². The van der Waals surface area contributed by atoms with Gasteiger partial charge in [-0.05, 0) is 23.8 Å². The van der Waals surface area contributed by atoms with Crippen LogP contribution in [-0.2, 0) is 35.7 Å². The second-order valence-electron chi connectivity index (χ2n) is 4.34. The van der Waals surface area contributed by atoms with E-state index in [-0.39, 0.29) is 17.1 Å². The van der Waals surface area contributed by atoms with Crippen LogP contribution < -0.4 is 15.9 Å². The minimum atomic E-state index is -0.446. The Balaban J connectivity index is -0.000000622. The SMILES string of the molecule is [C-]#[O+].[C-]#[O+].[C-]#[O+].[C-]#[O+].[Fe].c1ccc(P(c2ccccc2)c2ccccc2)cc1. The second-order valence-corrected chi connectivity index (χ2v) is 6.56. The summed E-state index contributed by atoms with van der Waals surface area (Å²) in [6, 6.07) is 32.3. The first-order valence-electron chi connectivity index (χ1n) is 7.22. The van der Waals surface area contributed by atoms with E-state index in [1.54, 1.807) is 0 Å². The first-order chi connectivity index (χ1) is 13.4. The van der Waals surface area contributed by atoms with Gasteiger partial charge in [0.05, 0.1) is 0 Å². The van der Waals surface area contributed by atoms with E-state index in [0.717, 1.165) is 0 Å². The van der Waals surface area contributed by atoms with Gasteiger partial charge in [0.15, 0.2) is 0 Å². The molecular weight excluding hydrogens is 415 g/mol. The molecule has 0 spiro atoms. The van der Waals surface area contributed by atoms with Crippen molar-refractivity contribution in [1.29, 1.82) is 0 Å². The molecule has 3 aromatic carbocycles. The maximum atomic E-state index is 7.50. The zero-order valence-electron chi connectivity index (χ0n) is 14.6. The number of rotatable bonds is 3. The molecule has 0 atom stereocenters. The first-order valence-corrected chi connectivity index (χ1v) is 8.56. The average Bonchev–Trinajstić information content (AvgIpc) is 2.82. The van der Waals surface area contributed by atoms with E-state index in [9.17, 15) is 0 Å². The Morgan fingerprint density at radius 2 is 0.571 bits per heavy atom. The van der Waals surface area contributed by atoms with Crippen molar-refractivity contribution in [3.05, 3.63) is 118 Å². The Morgan fingerprint density at radius 3 is 0.750 bits per heavy atom. The van der Waals surface area contributed by atoms with E-state index < -0.39 is 7.92 Å². The topological polar surface area (TPSA) is 79.6 Å². The Hall–Kier alpha value is -2.43. The fourth-order valence-electron chi connectivity index (χ4n) is 2.18. The van der Waals surface area contributed by atoms with Crippen LogP contribution in [0.4, 0.5) is 0 Å². The van der Waals surface area contributed by atoms with Crippen molar-refractivity contribution in [1.82, 2.24) is 0 Å². The van der Waals surface area contributed by atoms with Crippen molar-refractivity contribution < 1.29 is 35.7 Å². The number of hydrogen-bond acceptors (Lipinski definition) is 0. The number of hydrogen-bond donors (Lipinski definition) is 0. The van der Waals surface area contributed by atoms with E-state index in [0.29, 0.717) is 0 Å². The molecule has 0 saturated carbocycles. The van der Waals surface area contributed by atoms with Crippen LogP contribution in [-0.4, -0.2) is 0 Å². The molecule has 0 bridgehead atoms. The van der Waals surface area contributed by atoms with E-state index in [1.807, 2.05) is 0 Å². The van der Waals surface area contributed by atoms with Crippen LogP contribution in [0.1, 0.15) is 0 Å². The summed E-state index contributed by atoms with van der Waals surface area (Å²) < 4.78 is 30.0. The van der Waals surface area contributed by atoms with Gasteiger partial charge in [-0.2, -0.15) is 0 Å². The van der Waals surface area contributed by atoms with Crippen molar-refractivity contribution in [2.24, 2.45) is 0 Å². The molecule has 0 heterocycles. The molecular formula is C22H15FeO4P. The van der Waals surface area contributed by atoms with Crippen molar-refractivity contribution in [3.8, 4) is 0 Å². The van der Waals surface area contributed by atoms with Crippen LogP contribution in [0.5, 0.6) is 0 Å². The summed E-state index contributed by atoms with van der Waals surface area (Å²) in [4.78, 5) is 0. The van der Waals surface area contributed by atoms with Crippen LogP contribution in [0.25, 0.3) is 0 Å². The van der Waals surface area contributed by atoms with Gasteiger partial charge in [0, 0.05) is 17.1 Å². The summed E-state index contributed by atoms with van der Waals surface area (Å²) in [5.41, 5.74) is 0. The molecule has 0 aliphatic rings. The molecule has 0 aliphatic heterocycles. The molecule has 4 nitrogen and oxygen atoms in total. The van der Waals surface area contributed by atoms with Gasteiger partial charge in [0.2, 0.25) is 0 Å². The van der Waals surface area contributed by atoms with Crippen molar-refractivity contribution >= 4 is 23.8 Å². The zero-order valence-corrected chi connectivity index (χ0v) is 16.6. The van der Waals surface area contributed by atoms with Crippen molar-refractivity contribution in [2.75, 3.05) is 0 Å². The van der Waals surface area contributed by atoms with E-state index in [2.05, 4.69) is 118 Å². The van der Waals surface area contributed by atoms with Gasteiger partial charge >= 0.3 is 45.2 Å². The molecule has 0 amide bonds. The standard InChI is InChI=1S/C18H15P.4CO.Fe/c1-4-10-16(11-5-1)19(17-12-6-2-7-13-17)18-14-8-3-9-15-18;4*1-2;/h1-15H;;;;;. The van der Waals surface area contributed by atoms with Gasteiger partial charge in [-0.3, -0.25) is 0 Å². The predicted octanol–water partition coefficient (Wildman–Crippen LogP) is 3.29. The Labute approximate surface area is 177 Å². The average molecular weight is 430 g/mol. The molecule has 140 valence electrons. The minimum absolute atomic E-state index is 0. The van der Waals surface area contributed by atoms with E-state index >= 15 is 0 Å². The molecule has 3 aromatic rings. The fourth-order valence-corrected chi connectivity index (χ4v) is 4.48. The van der Waals surface area contributed by atoms with Gasteiger partial charge in [0.1, 0.15) is 0 Å². The van der Waals surface area contributed by atoms with Gasteiger partial charge in [-0.1, -0.05) is 91.0 Å². The maximum absolute atomic E-state index is 7.50. The molecule has 0 aliphatic carbocycles. The molecule has 3 rings (SSSR count). The third-order valence-corrected chi connectivity index (χ3v) is 5.49. The van der Waals surface area contributed by atoms with Crippen molar-refractivity contribution in [3.63, 3.8) is 0 Å². The molecule has 0 aromatic heterocycles. The van der Waals surface area contributed by atoms with Gasteiger partial charge < -0.3 is 0 Å². The van der Waals surface area contributed by atoms with Crippen LogP contribution in [0.15, 0.2) is 91.0 Å². The monoisotopic (exact) mass is 430 g/mol. The Bertz CT molecular complexity index is 683. The van der Waals surface area contributed by atoms with Gasteiger partial charge in [-0.25, -0.2) is 0 Å². The molecule has 0 unspecified atom stereocenters. The van der Waals surface area contributed by atoms with Gasteiger partial charge in [-0.15, -0.1) is 0 Å². The van der Waals surface area contributed by atoms with E-state index in [4.69, 9.17) is 18.6 Å². The third-order valence-electron chi connectivity index (χ3n) is 3.04. The molecule has 0 radical (unpaired) electrons. The summed E-state index contributed by atoms with van der Waals surface area (Å²) in [5, 5.41) is 4.19. The quantitative estimate of drug-likeness (QED) is 0.265. The molecule has 6 heteroatoms. The predicted molar refractivity (Wildman–Crippen MR) is 101 cm³/mol. The second kappa shape index (κ2) is 22.6. The zero-order chi connectivity index (χ0) is 20.9. The summed E-state index contributed by atoms with van der Waals surface area (Å²) in [6.45, 7) is 18.0. The first kappa shape index (κ1) is 30.3. The van der Waals surface area contributed by atoms with Gasteiger partial charge in [0.25, 0.3) is 0 Å². The minimum Gasteiger partial charge on any atom is -0.0622 e. The van der Waals surface area contributed by atoms with Crippen LogP contribution >= 0.6 is 7.92 Å². The summed E-state index contributed by atoms with van der Waals surface area (Å²) in [6.07, 6.45) is 0. The van der Waals surface area contributed by atoms with Crippen LogP contribution in [0.3, 0.4) is 0 Å². The molecule has 0 fully saturated rings. The summed E-state index contributed by atoms with van der Waals surface area (Å²) >= 11 is 0. The Kier molecular flexibility index (Phi) is 24.5. The maximum Gasteiger partial charge on any atom is 0 e. The largest absolute Gasteiger partial charge is 0.0622 e. The summed E-state index contributed by atoms with van der Waals surface area (Å²) in [5.74, 6) is 0. The van der Waals surface area contributed by atoms with E-state index in [1.165, 1.54) is 15.9 Å². The Morgan fingerprint density at radius 1 is 0.393 bits per heavy atom. The van der Waals surface area contributed by atoms with Crippen LogP contribution in [0, 0.1) is 26.6 Å². The normalized spacial score (nSPS) is 7.46. The summed E-state index contributed by atoms with van der Waals surface area (Å²) in [7, 11) is -0.446. The smallest absolute Gasteiger partial charge is 0 e. The third kappa shape index (κ3) is 10.7. The number of benzene rings is 3.